The van der Waals surface area contributed by atoms with Crippen LogP contribution in [0, 0.1) is 0 Å². The second kappa shape index (κ2) is 6.93. The molecule has 2 unspecified atom stereocenters. The molecular weight excluding hydrogens is 206 g/mol. The summed E-state index contributed by atoms with van der Waals surface area (Å²) in [6.45, 7) is 7.52. The van der Waals surface area contributed by atoms with Crippen LogP contribution in [0.4, 0.5) is 0 Å². The van der Waals surface area contributed by atoms with Crippen molar-refractivity contribution in [2.45, 2.75) is 0 Å². The van der Waals surface area contributed by atoms with Gasteiger partial charge in [0.1, 0.15) is 0 Å². The van der Waals surface area contributed by atoms with Crippen molar-refractivity contribution >= 4 is 27.8 Å². The molecule has 0 bridgehead atoms. The minimum Gasteiger partial charge on any atom is -0.103 e. The van der Waals surface area contributed by atoms with E-state index in [0.717, 1.165) is 29.5 Å². The van der Waals surface area contributed by atoms with E-state index in [2.05, 4.69) is 37.4 Å². The van der Waals surface area contributed by atoms with Crippen LogP contribution in [0.1, 0.15) is 0 Å². The second-order valence-corrected chi connectivity index (χ2v) is 5.49. The van der Waals surface area contributed by atoms with Gasteiger partial charge in [-0.25, -0.2) is 0 Å². The molecule has 74 valence electrons. The zero-order valence-corrected chi connectivity index (χ0v) is 10.3. The first kappa shape index (κ1) is 11.6. The van der Waals surface area contributed by atoms with Gasteiger partial charge in [-0.15, -0.1) is 13.2 Å². The minimum atomic E-state index is 0.869. The van der Waals surface area contributed by atoms with Crippen LogP contribution in [-0.4, -0.2) is 12.3 Å². The van der Waals surface area contributed by atoms with E-state index in [0.29, 0.717) is 0 Å². The molecule has 0 radical (unpaired) electrons. The van der Waals surface area contributed by atoms with Gasteiger partial charge in [0.05, 0.1) is 0 Å². The summed E-state index contributed by atoms with van der Waals surface area (Å²) in [6.07, 6.45) is 6.17. The molecule has 0 saturated carbocycles. The topological polar surface area (TPSA) is 0 Å². The molecule has 0 fully saturated rings. The van der Waals surface area contributed by atoms with E-state index in [1.54, 1.807) is 0 Å². The van der Waals surface area contributed by atoms with Crippen LogP contribution in [0.3, 0.4) is 0 Å². The third-order valence-corrected chi connectivity index (χ3v) is 4.67. The lowest BCUT2D eigenvalue weighted by molar-refractivity contribution is 1.77. The van der Waals surface area contributed by atoms with E-state index in [9.17, 15) is 0 Å². The van der Waals surface area contributed by atoms with E-state index in [1.807, 2.05) is 12.2 Å². The van der Waals surface area contributed by atoms with Gasteiger partial charge >= 0.3 is 0 Å². The molecule has 0 spiro atoms. The molecule has 1 rings (SSSR count). The van der Waals surface area contributed by atoms with Gasteiger partial charge in [0, 0.05) is 0 Å². The molecule has 1 aromatic rings. The fraction of sp³-hybridized carbons (Fsp3) is 0.167. The summed E-state index contributed by atoms with van der Waals surface area (Å²) < 4.78 is 0. The maximum absolute atomic E-state index is 3.76. The summed E-state index contributed by atoms with van der Waals surface area (Å²) in [5.74, 6) is 0. The largest absolute Gasteiger partial charge is 0.103 e. The van der Waals surface area contributed by atoms with Crippen LogP contribution in [-0.2, 0) is 0 Å². The molecule has 14 heavy (non-hydrogen) atoms. The SMILES string of the molecule is C=CCPc1ccccc1PCC=C. The Morgan fingerprint density at radius 2 is 1.36 bits per heavy atom. The number of benzene rings is 1. The molecule has 0 amide bonds. The maximum atomic E-state index is 3.76. The van der Waals surface area contributed by atoms with Crippen molar-refractivity contribution < 1.29 is 0 Å². The van der Waals surface area contributed by atoms with Gasteiger partial charge in [0.15, 0.2) is 0 Å². The van der Waals surface area contributed by atoms with Crippen LogP contribution < -0.4 is 10.6 Å². The number of allylic oxidation sites excluding steroid dienone is 2. The highest BCUT2D eigenvalue weighted by molar-refractivity contribution is 7.54. The van der Waals surface area contributed by atoms with Gasteiger partial charge in [-0.2, -0.15) is 0 Å². The Balaban J connectivity index is 2.68. The number of hydrogen-bond acceptors (Lipinski definition) is 0. The molecule has 0 N–H and O–H groups in total. The normalized spacial score (nSPS) is 11.4. The first-order valence-electron chi connectivity index (χ1n) is 4.67. The van der Waals surface area contributed by atoms with E-state index in [-0.39, 0.29) is 0 Å². The monoisotopic (exact) mass is 222 g/mol. The van der Waals surface area contributed by atoms with Gasteiger partial charge in [0.25, 0.3) is 0 Å². The molecule has 0 aliphatic carbocycles. The highest BCUT2D eigenvalue weighted by Gasteiger charge is 1.98. The Kier molecular flexibility index (Phi) is 5.76. The second-order valence-electron chi connectivity index (χ2n) is 2.88. The van der Waals surface area contributed by atoms with E-state index in [1.165, 1.54) is 10.6 Å². The maximum Gasteiger partial charge on any atom is -0.0134 e. The van der Waals surface area contributed by atoms with Crippen molar-refractivity contribution in [2.75, 3.05) is 12.3 Å². The summed E-state index contributed by atoms with van der Waals surface area (Å²) in [6, 6.07) is 8.70. The van der Waals surface area contributed by atoms with Crippen molar-refractivity contribution in [3.8, 4) is 0 Å². The molecule has 0 saturated heterocycles. The van der Waals surface area contributed by atoms with Crippen LogP contribution >= 0.6 is 17.2 Å². The Hall–Kier alpha value is -0.440. The van der Waals surface area contributed by atoms with Crippen LogP contribution in [0.15, 0.2) is 49.6 Å². The van der Waals surface area contributed by atoms with E-state index < -0.39 is 0 Å². The highest BCUT2D eigenvalue weighted by Crippen LogP contribution is 2.15. The molecule has 0 aromatic heterocycles. The zero-order valence-electron chi connectivity index (χ0n) is 8.29. The molecule has 0 nitrogen and oxygen atoms in total. The smallest absolute Gasteiger partial charge is 0.0134 e. The average molecular weight is 222 g/mol. The minimum absolute atomic E-state index is 0.869. The predicted octanol–water partition coefficient (Wildman–Crippen LogP) is 2.67. The van der Waals surface area contributed by atoms with Crippen LogP contribution in [0.5, 0.6) is 0 Å². The fourth-order valence-electron chi connectivity index (χ4n) is 1.16. The summed E-state index contributed by atoms with van der Waals surface area (Å²) >= 11 is 0. The summed E-state index contributed by atoms with van der Waals surface area (Å²) in [4.78, 5) is 0. The number of hydrogen-bond donors (Lipinski definition) is 0. The van der Waals surface area contributed by atoms with Gasteiger partial charge in [0.2, 0.25) is 0 Å². The van der Waals surface area contributed by atoms with Crippen LogP contribution in [0.25, 0.3) is 0 Å². The molecular formula is C12H16P2. The third-order valence-electron chi connectivity index (χ3n) is 1.80. The Labute approximate surface area is 90.1 Å². The van der Waals surface area contributed by atoms with Gasteiger partial charge in [-0.05, 0) is 22.9 Å². The van der Waals surface area contributed by atoms with Crippen molar-refractivity contribution in [1.82, 2.24) is 0 Å². The average Bonchev–Trinajstić information content (AvgIpc) is 2.24. The standard InChI is InChI=1S/C12H16P2/c1-3-9-13-11-7-5-6-8-12(11)14-10-4-2/h3-8,13-14H,1-2,9-10H2. The van der Waals surface area contributed by atoms with E-state index in [4.69, 9.17) is 0 Å². The lowest BCUT2D eigenvalue weighted by atomic mass is 10.4. The lowest BCUT2D eigenvalue weighted by Crippen LogP contribution is -2.15. The molecule has 2 atom stereocenters. The first-order valence-corrected chi connectivity index (χ1v) is 7.08. The van der Waals surface area contributed by atoms with Crippen molar-refractivity contribution in [1.29, 1.82) is 0 Å². The lowest BCUT2D eigenvalue weighted by Gasteiger charge is -2.06. The third kappa shape index (κ3) is 3.74. The Morgan fingerprint density at radius 3 is 1.71 bits per heavy atom. The molecule has 1 aromatic carbocycles. The van der Waals surface area contributed by atoms with Crippen LogP contribution in [0.2, 0.25) is 0 Å². The highest BCUT2D eigenvalue weighted by atomic mass is 31.1. The van der Waals surface area contributed by atoms with Gasteiger partial charge < -0.3 is 0 Å². The Bertz CT molecular complexity index is 274. The van der Waals surface area contributed by atoms with Gasteiger partial charge in [-0.1, -0.05) is 53.6 Å². The summed E-state index contributed by atoms with van der Waals surface area (Å²) in [5, 5.41) is 2.99. The van der Waals surface area contributed by atoms with Crippen molar-refractivity contribution in [3.63, 3.8) is 0 Å². The quantitative estimate of drug-likeness (QED) is 0.512. The van der Waals surface area contributed by atoms with Crippen molar-refractivity contribution in [2.24, 2.45) is 0 Å². The predicted molar refractivity (Wildman–Crippen MR) is 72.5 cm³/mol. The Morgan fingerprint density at radius 1 is 0.929 bits per heavy atom. The molecule has 0 heterocycles. The molecule has 0 aliphatic rings. The first-order chi connectivity index (χ1) is 6.88. The molecule has 2 heteroatoms. The summed E-state index contributed by atoms with van der Waals surface area (Å²) in [7, 11) is 1.74. The van der Waals surface area contributed by atoms with E-state index >= 15 is 0 Å². The fourth-order valence-corrected chi connectivity index (χ4v) is 3.39. The van der Waals surface area contributed by atoms with Crippen molar-refractivity contribution in [3.05, 3.63) is 49.6 Å². The molecule has 0 aliphatic heterocycles. The van der Waals surface area contributed by atoms with Gasteiger partial charge in [-0.3, -0.25) is 0 Å². The summed E-state index contributed by atoms with van der Waals surface area (Å²) in [5.41, 5.74) is 0. The number of rotatable bonds is 6. The zero-order chi connectivity index (χ0) is 10.2.